The molecule has 1 atom stereocenters. The average molecular weight is 129 g/mol. The summed E-state index contributed by atoms with van der Waals surface area (Å²) in [6.45, 7) is 9.29. The molecule has 2 heteroatoms. The third-order valence-electron chi connectivity index (χ3n) is 1.84. The molecule has 0 aromatic rings. The molecule has 0 spiro atoms. The van der Waals surface area contributed by atoms with Gasteiger partial charge in [0.1, 0.15) is 6.23 Å². The Balaban J connectivity index is 4.19. The third kappa shape index (κ3) is 1.80. The summed E-state index contributed by atoms with van der Waals surface area (Å²) in [4.78, 5) is 0. The average Bonchev–Trinajstić information content (AvgIpc) is 1.65. The second-order valence-electron chi connectivity index (χ2n) is 2.95. The van der Waals surface area contributed by atoms with E-state index in [0.717, 1.165) is 5.57 Å². The fourth-order valence-corrected chi connectivity index (χ4v) is 0.252. The van der Waals surface area contributed by atoms with E-state index in [-0.39, 0.29) is 5.41 Å². The highest BCUT2D eigenvalue weighted by Crippen LogP contribution is 2.25. The Labute approximate surface area is 56.4 Å². The Morgan fingerprint density at radius 3 is 2.00 bits per heavy atom. The predicted molar refractivity (Wildman–Crippen MR) is 38.8 cm³/mol. The lowest BCUT2D eigenvalue weighted by Gasteiger charge is -2.27. The van der Waals surface area contributed by atoms with Crippen molar-refractivity contribution in [2.45, 2.75) is 27.0 Å². The van der Waals surface area contributed by atoms with Crippen LogP contribution in [0.1, 0.15) is 20.8 Å². The summed E-state index contributed by atoms with van der Waals surface area (Å²) < 4.78 is 0. The zero-order valence-corrected chi connectivity index (χ0v) is 6.31. The van der Waals surface area contributed by atoms with Gasteiger partial charge in [-0.25, -0.2) is 0 Å². The summed E-state index contributed by atoms with van der Waals surface area (Å²) in [5, 5.41) is 8.97. The van der Waals surface area contributed by atoms with Gasteiger partial charge in [-0.3, -0.25) is 0 Å². The molecular weight excluding hydrogens is 114 g/mol. The van der Waals surface area contributed by atoms with Crippen LogP contribution in [-0.4, -0.2) is 11.3 Å². The van der Waals surface area contributed by atoms with Crippen molar-refractivity contribution in [1.82, 2.24) is 0 Å². The Morgan fingerprint density at radius 1 is 1.67 bits per heavy atom. The second kappa shape index (κ2) is 2.50. The SMILES string of the molecule is C=C(C)C(C)(C)C(N)O. The van der Waals surface area contributed by atoms with Crippen LogP contribution in [0.3, 0.4) is 0 Å². The summed E-state index contributed by atoms with van der Waals surface area (Å²) in [6.07, 6.45) is -0.810. The molecule has 0 saturated carbocycles. The largest absolute Gasteiger partial charge is 0.378 e. The van der Waals surface area contributed by atoms with Gasteiger partial charge in [-0.2, -0.15) is 0 Å². The molecule has 0 bridgehead atoms. The van der Waals surface area contributed by atoms with E-state index in [1.165, 1.54) is 0 Å². The van der Waals surface area contributed by atoms with E-state index in [1.807, 2.05) is 20.8 Å². The first kappa shape index (κ1) is 8.66. The first-order valence-electron chi connectivity index (χ1n) is 2.98. The van der Waals surface area contributed by atoms with E-state index in [4.69, 9.17) is 10.8 Å². The first-order valence-corrected chi connectivity index (χ1v) is 2.98. The number of hydrogen-bond donors (Lipinski definition) is 2. The molecule has 0 fully saturated rings. The van der Waals surface area contributed by atoms with E-state index < -0.39 is 6.23 Å². The molecule has 0 aromatic heterocycles. The molecule has 0 saturated heterocycles. The smallest absolute Gasteiger partial charge is 0.111 e. The quantitative estimate of drug-likeness (QED) is 0.429. The Hall–Kier alpha value is -0.340. The first-order chi connectivity index (χ1) is 3.89. The molecule has 0 heterocycles. The number of aliphatic hydroxyl groups is 1. The van der Waals surface area contributed by atoms with Crippen molar-refractivity contribution in [3.8, 4) is 0 Å². The van der Waals surface area contributed by atoms with Crippen LogP contribution >= 0.6 is 0 Å². The standard InChI is InChI=1S/C7H15NO/c1-5(2)7(3,4)6(8)9/h6,9H,1,8H2,2-4H3. The van der Waals surface area contributed by atoms with Crippen LogP contribution in [0.5, 0.6) is 0 Å². The van der Waals surface area contributed by atoms with Gasteiger partial charge in [-0.05, 0) is 6.92 Å². The zero-order chi connectivity index (χ0) is 7.65. The molecular formula is C7H15NO. The van der Waals surface area contributed by atoms with Crippen molar-refractivity contribution in [3.63, 3.8) is 0 Å². The van der Waals surface area contributed by atoms with Crippen LogP contribution in [0.2, 0.25) is 0 Å². The van der Waals surface area contributed by atoms with Crippen LogP contribution < -0.4 is 5.73 Å². The lowest BCUT2D eigenvalue weighted by molar-refractivity contribution is 0.0811. The molecule has 0 rings (SSSR count). The molecule has 0 aliphatic carbocycles. The van der Waals surface area contributed by atoms with Crippen LogP contribution in [0.25, 0.3) is 0 Å². The minimum atomic E-state index is -0.810. The highest BCUT2D eigenvalue weighted by molar-refractivity contribution is 5.05. The number of rotatable bonds is 2. The Morgan fingerprint density at radius 2 is 2.00 bits per heavy atom. The fourth-order valence-electron chi connectivity index (χ4n) is 0.252. The van der Waals surface area contributed by atoms with Crippen LogP contribution in [-0.2, 0) is 0 Å². The number of aliphatic hydroxyl groups excluding tert-OH is 1. The molecule has 0 amide bonds. The van der Waals surface area contributed by atoms with E-state index in [1.54, 1.807) is 0 Å². The summed E-state index contributed by atoms with van der Waals surface area (Å²) >= 11 is 0. The summed E-state index contributed by atoms with van der Waals surface area (Å²) in [5.74, 6) is 0. The highest BCUT2D eigenvalue weighted by Gasteiger charge is 2.24. The fraction of sp³-hybridized carbons (Fsp3) is 0.714. The van der Waals surface area contributed by atoms with Gasteiger partial charge in [-0.1, -0.05) is 26.0 Å². The monoisotopic (exact) mass is 129 g/mol. The van der Waals surface area contributed by atoms with E-state index in [9.17, 15) is 0 Å². The van der Waals surface area contributed by atoms with Gasteiger partial charge in [0.2, 0.25) is 0 Å². The minimum absolute atomic E-state index is 0.361. The predicted octanol–water partition coefficient (Wildman–Crippen LogP) is 0.866. The van der Waals surface area contributed by atoms with Gasteiger partial charge < -0.3 is 10.8 Å². The zero-order valence-electron chi connectivity index (χ0n) is 6.31. The molecule has 3 N–H and O–H groups in total. The second-order valence-corrected chi connectivity index (χ2v) is 2.95. The van der Waals surface area contributed by atoms with Crippen LogP contribution in [0.15, 0.2) is 12.2 Å². The highest BCUT2D eigenvalue weighted by atomic mass is 16.3. The lowest BCUT2D eigenvalue weighted by atomic mass is 9.84. The Bertz CT molecular complexity index is 116. The van der Waals surface area contributed by atoms with Crippen molar-refractivity contribution in [3.05, 3.63) is 12.2 Å². The van der Waals surface area contributed by atoms with E-state index >= 15 is 0 Å². The van der Waals surface area contributed by atoms with Crippen molar-refractivity contribution in [2.24, 2.45) is 11.1 Å². The Kier molecular flexibility index (Phi) is 2.40. The maximum atomic E-state index is 8.97. The summed E-state index contributed by atoms with van der Waals surface area (Å²) in [6, 6.07) is 0. The number of hydrogen-bond acceptors (Lipinski definition) is 2. The van der Waals surface area contributed by atoms with Crippen LogP contribution in [0.4, 0.5) is 0 Å². The molecule has 9 heavy (non-hydrogen) atoms. The molecule has 54 valence electrons. The van der Waals surface area contributed by atoms with E-state index in [0.29, 0.717) is 0 Å². The van der Waals surface area contributed by atoms with Gasteiger partial charge in [0.25, 0.3) is 0 Å². The maximum Gasteiger partial charge on any atom is 0.111 e. The van der Waals surface area contributed by atoms with Gasteiger partial charge in [0.05, 0.1) is 0 Å². The molecule has 0 aromatic carbocycles. The molecule has 2 nitrogen and oxygen atoms in total. The minimum Gasteiger partial charge on any atom is -0.378 e. The van der Waals surface area contributed by atoms with Crippen molar-refractivity contribution >= 4 is 0 Å². The van der Waals surface area contributed by atoms with E-state index in [2.05, 4.69) is 6.58 Å². The normalized spacial score (nSPS) is 15.2. The van der Waals surface area contributed by atoms with Gasteiger partial charge in [-0.15, -0.1) is 0 Å². The van der Waals surface area contributed by atoms with Gasteiger partial charge >= 0.3 is 0 Å². The van der Waals surface area contributed by atoms with Crippen LogP contribution in [0, 0.1) is 5.41 Å². The molecule has 0 radical (unpaired) electrons. The molecule has 0 aliphatic heterocycles. The summed E-state index contributed by atoms with van der Waals surface area (Å²) in [7, 11) is 0. The molecule has 0 aliphatic rings. The third-order valence-corrected chi connectivity index (χ3v) is 1.84. The lowest BCUT2D eigenvalue weighted by Crippen LogP contribution is -2.37. The van der Waals surface area contributed by atoms with Crippen molar-refractivity contribution in [2.75, 3.05) is 0 Å². The number of nitrogens with two attached hydrogens (primary N) is 1. The molecule has 1 unspecified atom stereocenters. The van der Waals surface area contributed by atoms with Crippen molar-refractivity contribution < 1.29 is 5.11 Å². The summed E-state index contributed by atoms with van der Waals surface area (Å²) in [5.41, 5.74) is 5.81. The maximum absolute atomic E-state index is 8.97. The van der Waals surface area contributed by atoms with Crippen molar-refractivity contribution in [1.29, 1.82) is 0 Å². The van der Waals surface area contributed by atoms with Gasteiger partial charge in [0, 0.05) is 5.41 Å². The topological polar surface area (TPSA) is 46.2 Å². The van der Waals surface area contributed by atoms with Gasteiger partial charge in [0.15, 0.2) is 0 Å².